The Balaban J connectivity index is 2.32. The standard InChI is InChI=1S/C31H47N7O7S/c1-19(39)32-26-34-22(24(46-26)25(41)36(10)18-17-23(40)35(8)9)16-13-20-11-14-21(15-12-20)33-27(37(28(42)43)30(2,3)4)38(29(44)45)31(5,6)7/h11-12,14-15,27,33H,13,16-18H2,1-10H3,(H,42,43)(H,44,45)(H,32,34,39). The summed E-state index contributed by atoms with van der Waals surface area (Å²) in [4.78, 5) is 71.7. The van der Waals surface area contributed by atoms with Crippen molar-refractivity contribution in [2.45, 2.75) is 85.1 Å². The predicted octanol–water partition coefficient (Wildman–Crippen LogP) is 4.69. The lowest BCUT2D eigenvalue weighted by atomic mass is 10.0. The van der Waals surface area contributed by atoms with Gasteiger partial charge in [0.1, 0.15) is 4.88 Å². The van der Waals surface area contributed by atoms with Gasteiger partial charge in [0, 0.05) is 57.8 Å². The zero-order valence-electron chi connectivity index (χ0n) is 28.3. The molecule has 0 spiro atoms. The van der Waals surface area contributed by atoms with E-state index >= 15 is 0 Å². The highest BCUT2D eigenvalue weighted by atomic mass is 32.1. The fourth-order valence-electron chi connectivity index (χ4n) is 4.59. The minimum Gasteiger partial charge on any atom is -0.465 e. The summed E-state index contributed by atoms with van der Waals surface area (Å²) in [5.41, 5.74) is 0.0348. The molecule has 0 aliphatic carbocycles. The maximum Gasteiger partial charge on any atom is 0.410 e. The van der Waals surface area contributed by atoms with Crippen molar-refractivity contribution in [1.82, 2.24) is 24.6 Å². The Morgan fingerprint density at radius 1 is 0.870 bits per heavy atom. The van der Waals surface area contributed by atoms with Crippen LogP contribution in [0.1, 0.15) is 75.8 Å². The highest BCUT2D eigenvalue weighted by molar-refractivity contribution is 7.17. The number of aryl methyl sites for hydroxylation is 2. The van der Waals surface area contributed by atoms with E-state index in [1.54, 1.807) is 74.8 Å². The van der Waals surface area contributed by atoms with Crippen LogP contribution < -0.4 is 10.6 Å². The number of thiazole rings is 1. The second-order valence-corrected chi connectivity index (χ2v) is 14.1. The van der Waals surface area contributed by atoms with Crippen LogP contribution >= 0.6 is 11.3 Å². The molecular weight excluding hydrogens is 614 g/mol. The van der Waals surface area contributed by atoms with Gasteiger partial charge in [0.15, 0.2) is 11.4 Å². The van der Waals surface area contributed by atoms with Crippen molar-refractivity contribution in [3.63, 3.8) is 0 Å². The molecule has 0 fully saturated rings. The molecule has 0 unspecified atom stereocenters. The Hall–Kier alpha value is -4.40. The average Bonchev–Trinajstić information content (AvgIpc) is 3.30. The molecule has 15 heteroatoms. The van der Waals surface area contributed by atoms with E-state index in [1.165, 1.54) is 16.7 Å². The normalized spacial score (nSPS) is 11.5. The Morgan fingerprint density at radius 2 is 1.39 bits per heavy atom. The van der Waals surface area contributed by atoms with Gasteiger partial charge in [0.05, 0.1) is 5.69 Å². The summed E-state index contributed by atoms with van der Waals surface area (Å²) < 4.78 is 0. The van der Waals surface area contributed by atoms with Crippen LogP contribution in [0.4, 0.5) is 20.4 Å². The van der Waals surface area contributed by atoms with E-state index < -0.39 is 29.6 Å². The third-order valence-electron chi connectivity index (χ3n) is 6.93. The molecule has 0 bridgehead atoms. The van der Waals surface area contributed by atoms with Gasteiger partial charge in [-0.05, 0) is 72.1 Å². The van der Waals surface area contributed by atoms with Gasteiger partial charge < -0.3 is 30.6 Å². The summed E-state index contributed by atoms with van der Waals surface area (Å²) in [7, 11) is 4.92. The van der Waals surface area contributed by atoms with Gasteiger partial charge in [0.2, 0.25) is 11.8 Å². The number of amides is 5. The first-order valence-corrected chi connectivity index (χ1v) is 15.6. The molecule has 2 rings (SSSR count). The number of nitrogens with zero attached hydrogens (tertiary/aromatic N) is 5. The second kappa shape index (κ2) is 15.3. The maximum absolute atomic E-state index is 13.3. The van der Waals surface area contributed by atoms with Crippen molar-refractivity contribution in [3.05, 3.63) is 40.4 Å². The highest BCUT2D eigenvalue weighted by Crippen LogP contribution is 2.29. The number of benzene rings is 1. The minimum atomic E-state index is -1.28. The van der Waals surface area contributed by atoms with Crippen molar-refractivity contribution in [1.29, 1.82) is 0 Å². The number of hydrogen-bond donors (Lipinski definition) is 4. The number of carbonyl (C=O) groups excluding carboxylic acids is 3. The minimum absolute atomic E-state index is 0.101. The van der Waals surface area contributed by atoms with Gasteiger partial charge >= 0.3 is 12.2 Å². The van der Waals surface area contributed by atoms with Crippen LogP contribution in [-0.4, -0.2) is 110 Å². The number of nitrogens with one attached hydrogen (secondary N) is 2. The molecule has 0 saturated heterocycles. The first kappa shape index (κ1) is 37.8. The Kier molecular flexibility index (Phi) is 12.5. The fraction of sp³-hybridized carbons (Fsp3) is 0.548. The van der Waals surface area contributed by atoms with Gasteiger partial charge in [0.25, 0.3) is 5.91 Å². The zero-order valence-corrected chi connectivity index (χ0v) is 29.1. The summed E-state index contributed by atoms with van der Waals surface area (Å²) in [5, 5.41) is 26.2. The van der Waals surface area contributed by atoms with Crippen LogP contribution in [0.3, 0.4) is 0 Å². The molecule has 0 saturated carbocycles. The van der Waals surface area contributed by atoms with Crippen LogP contribution in [-0.2, 0) is 22.4 Å². The van der Waals surface area contributed by atoms with E-state index in [0.717, 1.165) is 26.7 Å². The largest absolute Gasteiger partial charge is 0.465 e. The molecule has 0 radical (unpaired) electrons. The third-order valence-corrected chi connectivity index (χ3v) is 7.93. The Labute approximate surface area is 274 Å². The summed E-state index contributed by atoms with van der Waals surface area (Å²) >= 11 is 1.08. The van der Waals surface area contributed by atoms with Crippen LogP contribution in [0.5, 0.6) is 0 Å². The number of carbonyl (C=O) groups is 5. The van der Waals surface area contributed by atoms with Crippen molar-refractivity contribution < 1.29 is 34.2 Å². The van der Waals surface area contributed by atoms with E-state index in [2.05, 4.69) is 15.6 Å². The molecule has 2 aromatic rings. The van der Waals surface area contributed by atoms with E-state index in [-0.39, 0.29) is 30.7 Å². The van der Waals surface area contributed by atoms with Crippen molar-refractivity contribution in [2.24, 2.45) is 0 Å². The Morgan fingerprint density at radius 3 is 1.83 bits per heavy atom. The molecule has 4 N–H and O–H groups in total. The van der Waals surface area contributed by atoms with Gasteiger partial charge in [-0.2, -0.15) is 0 Å². The van der Waals surface area contributed by atoms with Crippen molar-refractivity contribution >= 4 is 52.1 Å². The van der Waals surface area contributed by atoms with Crippen molar-refractivity contribution in [2.75, 3.05) is 38.3 Å². The van der Waals surface area contributed by atoms with E-state index in [1.807, 2.05) is 12.1 Å². The highest BCUT2D eigenvalue weighted by Gasteiger charge is 2.43. The average molecular weight is 662 g/mol. The first-order valence-electron chi connectivity index (χ1n) is 14.8. The monoisotopic (exact) mass is 661 g/mol. The molecule has 46 heavy (non-hydrogen) atoms. The first-order chi connectivity index (χ1) is 21.1. The van der Waals surface area contributed by atoms with Crippen LogP contribution in [0.15, 0.2) is 24.3 Å². The van der Waals surface area contributed by atoms with Gasteiger partial charge in [-0.25, -0.2) is 14.6 Å². The zero-order chi connectivity index (χ0) is 35.1. The lowest BCUT2D eigenvalue weighted by molar-refractivity contribution is -0.128. The van der Waals surface area contributed by atoms with Gasteiger partial charge in [-0.1, -0.05) is 23.5 Å². The predicted molar refractivity (Wildman–Crippen MR) is 177 cm³/mol. The summed E-state index contributed by atoms with van der Waals surface area (Å²) in [6.07, 6.45) is -2.75. The van der Waals surface area contributed by atoms with E-state index in [0.29, 0.717) is 34.2 Å². The molecule has 1 heterocycles. The molecular formula is C31H47N7O7S. The smallest absolute Gasteiger partial charge is 0.410 e. The quantitative estimate of drug-likeness (QED) is 0.235. The third kappa shape index (κ3) is 10.3. The van der Waals surface area contributed by atoms with Gasteiger partial charge in [-0.15, -0.1) is 0 Å². The number of anilines is 2. The van der Waals surface area contributed by atoms with Crippen LogP contribution in [0.2, 0.25) is 0 Å². The Bertz CT molecular complexity index is 1380. The topological polar surface area (TPSA) is 176 Å². The second-order valence-electron chi connectivity index (χ2n) is 13.1. The molecule has 254 valence electrons. The molecule has 1 aromatic carbocycles. The lowest BCUT2D eigenvalue weighted by Gasteiger charge is -2.48. The molecule has 0 atom stereocenters. The van der Waals surface area contributed by atoms with Crippen LogP contribution in [0.25, 0.3) is 0 Å². The summed E-state index contributed by atoms with van der Waals surface area (Å²) in [6, 6.07) is 7.12. The summed E-state index contributed by atoms with van der Waals surface area (Å²) in [5.74, 6) is -0.716. The lowest BCUT2D eigenvalue weighted by Crippen LogP contribution is -2.66. The van der Waals surface area contributed by atoms with E-state index in [9.17, 15) is 34.2 Å². The molecule has 1 aromatic heterocycles. The van der Waals surface area contributed by atoms with Crippen LogP contribution in [0, 0.1) is 0 Å². The number of rotatable bonds is 12. The molecule has 0 aliphatic rings. The molecule has 0 aliphatic heterocycles. The number of hydrogen-bond acceptors (Lipinski definition) is 8. The SMILES string of the molecule is CC(=O)Nc1nc(CCc2ccc(NC(N(C(=O)O)C(C)(C)C)N(C(=O)O)C(C)(C)C)cc2)c(C(=O)N(C)CCC(=O)N(C)C)s1. The molecule has 5 amide bonds. The van der Waals surface area contributed by atoms with E-state index in [4.69, 9.17) is 0 Å². The fourth-order valence-corrected chi connectivity index (χ4v) is 5.65. The van der Waals surface area contributed by atoms with Crippen molar-refractivity contribution in [3.8, 4) is 0 Å². The summed E-state index contributed by atoms with van der Waals surface area (Å²) in [6.45, 7) is 11.7. The number of aromatic nitrogens is 1. The number of carboxylic acid groups (broad SMARTS) is 2. The molecule has 14 nitrogen and oxygen atoms in total. The maximum atomic E-state index is 13.3. The van der Waals surface area contributed by atoms with Gasteiger partial charge in [-0.3, -0.25) is 24.2 Å².